The standard InChI is InChI=1S/C21H33N5.HI/c1-22-21(25-19-15-18(19)16-7-3-2-4-8-16)24-17-10-13-26(14-11-17)20-9-5-6-12-23-20;/h5-6,9,12,16-19H,2-4,7-8,10-11,13-15H2,1H3,(H2,22,24,25);1H. The Balaban J connectivity index is 0.00000210. The van der Waals surface area contributed by atoms with E-state index in [2.05, 4.69) is 37.6 Å². The van der Waals surface area contributed by atoms with Crippen molar-refractivity contribution in [3.8, 4) is 0 Å². The second kappa shape index (κ2) is 9.94. The van der Waals surface area contributed by atoms with Crippen molar-refractivity contribution in [2.24, 2.45) is 16.8 Å². The molecular weight excluding hydrogens is 449 g/mol. The van der Waals surface area contributed by atoms with Crippen molar-refractivity contribution in [3.63, 3.8) is 0 Å². The highest BCUT2D eigenvalue weighted by Gasteiger charge is 2.43. The minimum atomic E-state index is 0. The summed E-state index contributed by atoms with van der Waals surface area (Å²) < 4.78 is 0. The molecule has 2 atom stereocenters. The second-order valence-corrected chi connectivity index (χ2v) is 8.21. The number of anilines is 1. The van der Waals surface area contributed by atoms with Crippen molar-refractivity contribution in [3.05, 3.63) is 24.4 Å². The van der Waals surface area contributed by atoms with Gasteiger partial charge in [0.05, 0.1) is 0 Å². The predicted molar refractivity (Wildman–Crippen MR) is 123 cm³/mol. The zero-order chi connectivity index (χ0) is 17.8. The fourth-order valence-corrected chi connectivity index (χ4v) is 4.80. The summed E-state index contributed by atoms with van der Waals surface area (Å²) >= 11 is 0. The molecular formula is C21H34IN5. The van der Waals surface area contributed by atoms with E-state index in [0.29, 0.717) is 12.1 Å². The number of nitrogens with one attached hydrogen (secondary N) is 2. The number of hydrogen-bond donors (Lipinski definition) is 2. The first kappa shape index (κ1) is 20.7. The Hall–Kier alpha value is -1.05. The van der Waals surface area contributed by atoms with Crippen LogP contribution in [0.25, 0.3) is 0 Å². The number of halogens is 1. The Morgan fingerprint density at radius 2 is 1.85 bits per heavy atom. The van der Waals surface area contributed by atoms with Gasteiger partial charge in [0.15, 0.2) is 5.96 Å². The first-order valence-corrected chi connectivity index (χ1v) is 10.5. The van der Waals surface area contributed by atoms with Crippen LogP contribution in [-0.4, -0.2) is 43.2 Å². The molecule has 2 N–H and O–H groups in total. The van der Waals surface area contributed by atoms with E-state index in [-0.39, 0.29) is 24.0 Å². The molecule has 1 saturated heterocycles. The summed E-state index contributed by atoms with van der Waals surface area (Å²) in [5, 5.41) is 7.36. The second-order valence-electron chi connectivity index (χ2n) is 8.21. The lowest BCUT2D eigenvalue weighted by molar-refractivity contribution is 0.315. The fourth-order valence-electron chi connectivity index (χ4n) is 4.80. The summed E-state index contributed by atoms with van der Waals surface area (Å²) in [6.45, 7) is 2.11. The first-order valence-electron chi connectivity index (χ1n) is 10.5. The number of piperidine rings is 1. The molecule has 5 nitrogen and oxygen atoms in total. The zero-order valence-corrected chi connectivity index (χ0v) is 18.8. The van der Waals surface area contributed by atoms with Gasteiger partial charge in [0.1, 0.15) is 5.82 Å². The lowest BCUT2D eigenvalue weighted by atomic mass is 9.85. The largest absolute Gasteiger partial charge is 0.356 e. The summed E-state index contributed by atoms with van der Waals surface area (Å²) in [7, 11) is 1.90. The molecule has 0 spiro atoms. The van der Waals surface area contributed by atoms with E-state index in [0.717, 1.165) is 49.5 Å². The fraction of sp³-hybridized carbons (Fsp3) is 0.714. The van der Waals surface area contributed by atoms with Crippen LogP contribution in [0.2, 0.25) is 0 Å². The van der Waals surface area contributed by atoms with Gasteiger partial charge in [-0.05, 0) is 43.2 Å². The molecule has 2 unspecified atom stereocenters. The van der Waals surface area contributed by atoms with Gasteiger partial charge >= 0.3 is 0 Å². The Morgan fingerprint density at radius 1 is 1.07 bits per heavy atom. The normalized spacial score (nSPS) is 27.0. The molecule has 1 aliphatic heterocycles. The van der Waals surface area contributed by atoms with Crippen LogP contribution < -0.4 is 15.5 Å². The Morgan fingerprint density at radius 3 is 2.52 bits per heavy atom. The van der Waals surface area contributed by atoms with Crippen LogP contribution in [0.5, 0.6) is 0 Å². The molecule has 6 heteroatoms. The highest BCUT2D eigenvalue weighted by molar-refractivity contribution is 14.0. The maximum Gasteiger partial charge on any atom is 0.191 e. The summed E-state index contributed by atoms with van der Waals surface area (Å²) in [5.74, 6) is 3.95. The van der Waals surface area contributed by atoms with Crippen LogP contribution in [-0.2, 0) is 0 Å². The van der Waals surface area contributed by atoms with E-state index >= 15 is 0 Å². The molecule has 2 saturated carbocycles. The molecule has 3 fully saturated rings. The van der Waals surface area contributed by atoms with E-state index < -0.39 is 0 Å². The number of guanidine groups is 1. The average molecular weight is 483 g/mol. The number of hydrogen-bond acceptors (Lipinski definition) is 3. The van der Waals surface area contributed by atoms with E-state index in [1.165, 1.54) is 38.5 Å². The minimum Gasteiger partial charge on any atom is -0.356 e. The van der Waals surface area contributed by atoms with E-state index in [9.17, 15) is 0 Å². The molecule has 1 aromatic rings. The molecule has 1 aromatic heterocycles. The van der Waals surface area contributed by atoms with Crippen LogP contribution in [0, 0.1) is 11.8 Å². The van der Waals surface area contributed by atoms with Crippen molar-refractivity contribution >= 4 is 35.8 Å². The van der Waals surface area contributed by atoms with Crippen molar-refractivity contribution in [1.82, 2.24) is 15.6 Å². The van der Waals surface area contributed by atoms with Gasteiger partial charge in [-0.3, -0.25) is 4.99 Å². The van der Waals surface area contributed by atoms with Gasteiger partial charge in [0, 0.05) is 38.4 Å². The van der Waals surface area contributed by atoms with E-state index in [1.54, 1.807) is 0 Å². The van der Waals surface area contributed by atoms with Crippen LogP contribution in [0.1, 0.15) is 51.4 Å². The molecule has 2 aliphatic carbocycles. The van der Waals surface area contributed by atoms with Gasteiger partial charge in [-0.15, -0.1) is 24.0 Å². The first-order chi connectivity index (χ1) is 12.8. The molecule has 2 heterocycles. The van der Waals surface area contributed by atoms with Gasteiger partial charge in [0.25, 0.3) is 0 Å². The van der Waals surface area contributed by atoms with Gasteiger partial charge < -0.3 is 15.5 Å². The topological polar surface area (TPSA) is 52.6 Å². The Labute approximate surface area is 180 Å². The molecule has 0 bridgehead atoms. The molecule has 27 heavy (non-hydrogen) atoms. The summed E-state index contributed by atoms with van der Waals surface area (Å²) in [6.07, 6.45) is 12.7. The van der Waals surface area contributed by atoms with Gasteiger partial charge in [-0.2, -0.15) is 0 Å². The highest BCUT2D eigenvalue weighted by atomic mass is 127. The smallest absolute Gasteiger partial charge is 0.191 e. The molecule has 150 valence electrons. The molecule has 0 amide bonds. The third-order valence-corrected chi connectivity index (χ3v) is 6.45. The van der Waals surface area contributed by atoms with Crippen molar-refractivity contribution < 1.29 is 0 Å². The van der Waals surface area contributed by atoms with E-state index in [1.807, 2.05) is 19.3 Å². The molecule has 0 aromatic carbocycles. The molecule has 3 aliphatic rings. The number of pyridine rings is 1. The Bertz CT molecular complexity index is 594. The Kier molecular flexibility index (Phi) is 7.61. The SMILES string of the molecule is CN=C(NC1CCN(c2ccccn2)CC1)NC1CC1C1CCCCC1.I. The number of rotatable bonds is 4. The van der Waals surface area contributed by atoms with E-state index in [4.69, 9.17) is 0 Å². The number of aliphatic imine (C=N–C) groups is 1. The van der Waals surface area contributed by atoms with Gasteiger partial charge in [-0.25, -0.2) is 4.98 Å². The maximum absolute atomic E-state index is 4.49. The summed E-state index contributed by atoms with van der Waals surface area (Å²) in [4.78, 5) is 11.3. The van der Waals surface area contributed by atoms with Gasteiger partial charge in [-0.1, -0.05) is 38.2 Å². The lowest BCUT2D eigenvalue weighted by Crippen LogP contribution is -2.49. The minimum absolute atomic E-state index is 0. The van der Waals surface area contributed by atoms with Crippen LogP contribution in [0.3, 0.4) is 0 Å². The number of aromatic nitrogens is 1. The molecule has 0 radical (unpaired) electrons. The van der Waals surface area contributed by atoms with Crippen molar-refractivity contribution in [1.29, 1.82) is 0 Å². The zero-order valence-electron chi connectivity index (χ0n) is 16.4. The predicted octanol–water partition coefficient (Wildman–Crippen LogP) is 3.80. The maximum atomic E-state index is 4.49. The van der Waals surface area contributed by atoms with Crippen molar-refractivity contribution in [2.75, 3.05) is 25.0 Å². The molecule has 4 rings (SSSR count). The van der Waals surface area contributed by atoms with Gasteiger partial charge in [0.2, 0.25) is 0 Å². The number of nitrogens with zero attached hydrogens (tertiary/aromatic N) is 3. The third kappa shape index (κ3) is 5.48. The van der Waals surface area contributed by atoms with Crippen LogP contribution in [0.15, 0.2) is 29.4 Å². The third-order valence-electron chi connectivity index (χ3n) is 6.45. The average Bonchev–Trinajstić information content (AvgIpc) is 3.48. The summed E-state index contributed by atoms with van der Waals surface area (Å²) in [5.41, 5.74) is 0. The lowest BCUT2D eigenvalue weighted by Gasteiger charge is -2.33. The highest BCUT2D eigenvalue weighted by Crippen LogP contribution is 2.44. The van der Waals surface area contributed by atoms with Crippen LogP contribution >= 0.6 is 24.0 Å². The quantitative estimate of drug-likeness (QED) is 0.389. The van der Waals surface area contributed by atoms with Crippen LogP contribution in [0.4, 0.5) is 5.82 Å². The monoisotopic (exact) mass is 483 g/mol. The van der Waals surface area contributed by atoms with Crippen molar-refractivity contribution in [2.45, 2.75) is 63.5 Å². The summed E-state index contributed by atoms with van der Waals surface area (Å²) in [6, 6.07) is 7.31.